The molecule has 0 unspecified atom stereocenters. The Morgan fingerprint density at radius 3 is 2.83 bits per heavy atom. The number of rotatable bonds is 2. The maximum absolute atomic E-state index is 4.79. The topological polar surface area (TPSA) is 56.0 Å². The molecule has 6 heteroatoms. The zero-order valence-corrected chi connectivity index (χ0v) is 13.7. The van der Waals surface area contributed by atoms with Crippen LogP contribution in [0, 0.1) is 6.92 Å². The van der Waals surface area contributed by atoms with Crippen molar-refractivity contribution in [1.29, 1.82) is 0 Å². The molecule has 3 aromatic rings. The molecule has 0 spiro atoms. The predicted molar refractivity (Wildman–Crippen MR) is 91.5 cm³/mol. The van der Waals surface area contributed by atoms with E-state index in [0.29, 0.717) is 6.54 Å². The summed E-state index contributed by atoms with van der Waals surface area (Å²) < 4.78 is 2.08. The van der Waals surface area contributed by atoms with Crippen LogP contribution in [-0.4, -0.2) is 31.7 Å². The zero-order chi connectivity index (χ0) is 15.8. The second-order valence-corrected chi connectivity index (χ2v) is 6.14. The van der Waals surface area contributed by atoms with Crippen molar-refractivity contribution in [2.24, 2.45) is 4.99 Å². The lowest BCUT2D eigenvalue weighted by atomic mass is 10.0. The van der Waals surface area contributed by atoms with Crippen LogP contribution in [0.25, 0.3) is 5.69 Å². The number of hydrogen-bond acceptors (Lipinski definition) is 5. The molecule has 23 heavy (non-hydrogen) atoms. The molecule has 0 bridgehead atoms. The summed E-state index contributed by atoms with van der Waals surface area (Å²) >= 11 is 1.72. The quantitative estimate of drug-likeness (QED) is 0.681. The van der Waals surface area contributed by atoms with Crippen LogP contribution >= 0.6 is 11.8 Å². The maximum atomic E-state index is 4.79. The van der Waals surface area contributed by atoms with Crippen LogP contribution in [0.5, 0.6) is 0 Å². The van der Waals surface area contributed by atoms with Crippen LogP contribution in [0.4, 0.5) is 0 Å². The van der Waals surface area contributed by atoms with Crippen molar-refractivity contribution in [3.63, 3.8) is 0 Å². The SMILES string of the molecule is CSc1ccc2c(c1)C(c1ccccn1)=NCc1nnc(C)n1-2. The van der Waals surface area contributed by atoms with Gasteiger partial charge in [-0.2, -0.15) is 0 Å². The number of benzene rings is 1. The molecule has 1 aromatic carbocycles. The summed E-state index contributed by atoms with van der Waals surface area (Å²) in [6.07, 6.45) is 3.87. The second-order valence-electron chi connectivity index (χ2n) is 5.26. The molecule has 4 rings (SSSR count). The largest absolute Gasteiger partial charge is 0.281 e. The highest BCUT2D eigenvalue weighted by atomic mass is 32.2. The van der Waals surface area contributed by atoms with Gasteiger partial charge in [-0.15, -0.1) is 22.0 Å². The number of aryl methyl sites for hydroxylation is 1. The van der Waals surface area contributed by atoms with Crippen molar-refractivity contribution in [1.82, 2.24) is 19.7 Å². The fraction of sp³-hybridized carbons (Fsp3) is 0.176. The van der Waals surface area contributed by atoms with Crippen molar-refractivity contribution in [2.75, 3.05) is 6.26 Å². The Bertz CT molecular complexity index is 899. The molecule has 0 fully saturated rings. The normalized spacial score (nSPS) is 13.0. The number of nitrogens with zero attached hydrogens (tertiary/aromatic N) is 5. The van der Waals surface area contributed by atoms with Crippen LogP contribution in [0.1, 0.15) is 22.9 Å². The zero-order valence-electron chi connectivity index (χ0n) is 12.9. The van der Waals surface area contributed by atoms with Crippen molar-refractivity contribution in [2.45, 2.75) is 18.4 Å². The van der Waals surface area contributed by atoms with Gasteiger partial charge in [0.25, 0.3) is 0 Å². The lowest BCUT2D eigenvalue weighted by molar-refractivity contribution is 0.861. The van der Waals surface area contributed by atoms with E-state index in [1.807, 2.05) is 25.1 Å². The Labute approximate surface area is 138 Å². The van der Waals surface area contributed by atoms with Gasteiger partial charge in [-0.05, 0) is 43.5 Å². The van der Waals surface area contributed by atoms with E-state index in [1.165, 1.54) is 4.90 Å². The molecule has 1 aliphatic rings. The van der Waals surface area contributed by atoms with Crippen LogP contribution in [-0.2, 0) is 6.54 Å². The second kappa shape index (κ2) is 5.62. The molecule has 2 aromatic heterocycles. The van der Waals surface area contributed by atoms with Crippen LogP contribution in [0.2, 0.25) is 0 Å². The summed E-state index contributed by atoms with van der Waals surface area (Å²) in [5, 5.41) is 8.47. The molecule has 0 radical (unpaired) electrons. The van der Waals surface area contributed by atoms with Gasteiger partial charge in [0.05, 0.1) is 17.1 Å². The predicted octanol–water partition coefficient (Wildman–Crippen LogP) is 3.04. The molecule has 0 aliphatic carbocycles. The minimum absolute atomic E-state index is 0.496. The van der Waals surface area contributed by atoms with Gasteiger partial charge in [0.15, 0.2) is 5.82 Å². The van der Waals surface area contributed by atoms with Gasteiger partial charge in [0.2, 0.25) is 0 Å². The van der Waals surface area contributed by atoms with Crippen LogP contribution < -0.4 is 0 Å². The van der Waals surface area contributed by atoms with Crippen LogP contribution in [0.15, 0.2) is 52.5 Å². The van der Waals surface area contributed by atoms with Crippen molar-refractivity contribution >= 4 is 17.5 Å². The Balaban J connectivity index is 2.00. The number of aliphatic imine (C=N–C) groups is 1. The standard InChI is InChI=1S/C17H15N5S/c1-11-20-21-16-10-19-17(14-5-3-4-8-18-14)13-9-12(23-2)6-7-15(13)22(11)16/h3-9H,10H2,1-2H3. The van der Waals surface area contributed by atoms with E-state index in [-0.39, 0.29) is 0 Å². The van der Waals surface area contributed by atoms with Gasteiger partial charge in [0.1, 0.15) is 12.4 Å². The van der Waals surface area contributed by atoms with E-state index in [2.05, 4.69) is 44.2 Å². The third-order valence-electron chi connectivity index (χ3n) is 3.88. The van der Waals surface area contributed by atoms with Crippen molar-refractivity contribution in [3.8, 4) is 5.69 Å². The third kappa shape index (κ3) is 2.35. The van der Waals surface area contributed by atoms with Gasteiger partial charge < -0.3 is 0 Å². The summed E-state index contributed by atoms with van der Waals surface area (Å²) in [5.41, 5.74) is 3.91. The molecule has 0 saturated heterocycles. The molecule has 3 heterocycles. The van der Waals surface area contributed by atoms with E-state index >= 15 is 0 Å². The first-order chi connectivity index (χ1) is 11.3. The van der Waals surface area contributed by atoms with E-state index < -0.39 is 0 Å². The summed E-state index contributed by atoms with van der Waals surface area (Å²) in [5.74, 6) is 1.72. The van der Waals surface area contributed by atoms with Gasteiger partial charge in [-0.3, -0.25) is 14.5 Å². The summed E-state index contributed by atoms with van der Waals surface area (Å²) in [7, 11) is 0. The molecular formula is C17H15N5S. The lowest BCUT2D eigenvalue weighted by Crippen LogP contribution is -2.09. The van der Waals surface area contributed by atoms with E-state index in [4.69, 9.17) is 4.99 Å². The number of hydrogen-bond donors (Lipinski definition) is 0. The molecule has 5 nitrogen and oxygen atoms in total. The van der Waals surface area contributed by atoms with Gasteiger partial charge in [0, 0.05) is 16.7 Å². The van der Waals surface area contributed by atoms with E-state index in [0.717, 1.165) is 34.3 Å². The molecule has 0 amide bonds. The fourth-order valence-electron chi connectivity index (χ4n) is 2.81. The average Bonchev–Trinajstić information content (AvgIpc) is 2.88. The molecule has 0 N–H and O–H groups in total. The minimum Gasteiger partial charge on any atom is -0.281 e. The average molecular weight is 321 g/mol. The Hall–Kier alpha value is -2.47. The smallest absolute Gasteiger partial charge is 0.159 e. The lowest BCUT2D eigenvalue weighted by Gasteiger charge is -2.13. The number of thioether (sulfide) groups is 1. The van der Waals surface area contributed by atoms with Crippen molar-refractivity contribution < 1.29 is 0 Å². The third-order valence-corrected chi connectivity index (χ3v) is 4.60. The Kier molecular flexibility index (Phi) is 3.46. The van der Waals surface area contributed by atoms with Crippen molar-refractivity contribution in [3.05, 3.63) is 65.5 Å². The van der Waals surface area contributed by atoms with E-state index in [1.54, 1.807) is 18.0 Å². The molecule has 114 valence electrons. The summed E-state index contributed by atoms with van der Waals surface area (Å²) in [4.78, 5) is 10.5. The monoisotopic (exact) mass is 321 g/mol. The first-order valence-corrected chi connectivity index (χ1v) is 8.56. The molecule has 1 aliphatic heterocycles. The number of fused-ring (bicyclic) bond motifs is 3. The molecular weight excluding hydrogens is 306 g/mol. The van der Waals surface area contributed by atoms with Crippen LogP contribution in [0.3, 0.4) is 0 Å². The first-order valence-electron chi connectivity index (χ1n) is 7.33. The van der Waals surface area contributed by atoms with Gasteiger partial charge >= 0.3 is 0 Å². The van der Waals surface area contributed by atoms with Gasteiger partial charge in [-0.25, -0.2) is 0 Å². The summed E-state index contributed by atoms with van der Waals surface area (Å²) in [6, 6.07) is 12.3. The first kappa shape index (κ1) is 14.1. The Morgan fingerprint density at radius 1 is 1.13 bits per heavy atom. The van der Waals surface area contributed by atoms with E-state index in [9.17, 15) is 0 Å². The Morgan fingerprint density at radius 2 is 2.04 bits per heavy atom. The molecule has 0 atom stereocenters. The minimum atomic E-state index is 0.496. The molecule has 0 saturated carbocycles. The highest BCUT2D eigenvalue weighted by Crippen LogP contribution is 2.28. The number of pyridine rings is 1. The number of aromatic nitrogens is 4. The highest BCUT2D eigenvalue weighted by Gasteiger charge is 2.22. The highest BCUT2D eigenvalue weighted by molar-refractivity contribution is 7.98. The maximum Gasteiger partial charge on any atom is 0.159 e. The fourth-order valence-corrected chi connectivity index (χ4v) is 3.25. The van der Waals surface area contributed by atoms with Gasteiger partial charge in [-0.1, -0.05) is 6.07 Å². The summed E-state index contributed by atoms with van der Waals surface area (Å²) in [6.45, 7) is 2.46.